The highest BCUT2D eigenvalue weighted by Crippen LogP contribution is 2.30. The number of rotatable bonds is 11. The van der Waals surface area contributed by atoms with E-state index in [1.165, 1.54) is 6.08 Å². The molecule has 0 amide bonds. The lowest BCUT2D eigenvalue weighted by Gasteiger charge is -2.16. The molecule has 2 atom stereocenters. The van der Waals surface area contributed by atoms with Crippen LogP contribution >= 0.6 is 0 Å². The number of hydrogen-bond acceptors (Lipinski definition) is 4. The van der Waals surface area contributed by atoms with Gasteiger partial charge in [0.05, 0.1) is 12.5 Å². The maximum absolute atomic E-state index is 12.1. The summed E-state index contributed by atoms with van der Waals surface area (Å²) in [5, 5.41) is 18.7. The van der Waals surface area contributed by atoms with E-state index in [9.17, 15) is 14.7 Å². The standard InChI is InChI=1S/C22H26O5/c23-18(16-27-19-8-4-3-5-9-19)14-12-17-13-15-21(24)20(17)10-6-1-2-7-11-22(25)26/h1,3-5,7-9,13,18,20,23H,6,10-12,14-16H2,(H,25,26)/t2?,18?,20-/m1/s1. The molecular formula is C22H26O5. The Kier molecular flexibility index (Phi) is 8.56. The van der Waals surface area contributed by atoms with E-state index >= 15 is 0 Å². The van der Waals surface area contributed by atoms with Gasteiger partial charge < -0.3 is 14.9 Å². The highest BCUT2D eigenvalue weighted by atomic mass is 16.5. The van der Waals surface area contributed by atoms with E-state index in [1.807, 2.05) is 36.4 Å². The molecule has 1 aromatic rings. The van der Waals surface area contributed by atoms with Crippen molar-refractivity contribution in [3.8, 4) is 5.75 Å². The fourth-order valence-electron chi connectivity index (χ4n) is 3.03. The molecule has 27 heavy (non-hydrogen) atoms. The monoisotopic (exact) mass is 370 g/mol. The number of aliphatic hydroxyl groups excluding tert-OH is 1. The normalized spacial score (nSPS) is 17.0. The van der Waals surface area contributed by atoms with Crippen LogP contribution in [0.15, 0.2) is 59.9 Å². The van der Waals surface area contributed by atoms with Gasteiger partial charge in [-0.05, 0) is 50.0 Å². The number of Topliss-reactive ketones (excluding diaryl/α,β-unsaturated/α-hetero) is 1. The van der Waals surface area contributed by atoms with E-state index in [4.69, 9.17) is 9.84 Å². The quantitative estimate of drug-likeness (QED) is 0.458. The third kappa shape index (κ3) is 7.65. The number of carbonyl (C=O) groups is 2. The Bertz CT molecular complexity index is 713. The predicted molar refractivity (Wildman–Crippen MR) is 103 cm³/mol. The van der Waals surface area contributed by atoms with Gasteiger partial charge in [-0.2, -0.15) is 0 Å². The Hall–Kier alpha value is -2.62. The maximum atomic E-state index is 12.1. The Morgan fingerprint density at radius 3 is 2.81 bits per heavy atom. The average Bonchev–Trinajstić information content (AvgIpc) is 3.01. The molecule has 1 aliphatic rings. The number of benzene rings is 1. The summed E-state index contributed by atoms with van der Waals surface area (Å²) in [5.74, 6) is -0.0537. The number of ether oxygens (including phenoxy) is 1. The van der Waals surface area contributed by atoms with Gasteiger partial charge in [-0.3, -0.25) is 9.59 Å². The van der Waals surface area contributed by atoms with Gasteiger partial charge in [0.2, 0.25) is 0 Å². The first kappa shape index (κ1) is 20.7. The molecule has 0 radical (unpaired) electrons. The largest absolute Gasteiger partial charge is 0.491 e. The molecule has 0 aliphatic heterocycles. The lowest BCUT2D eigenvalue weighted by molar-refractivity contribution is -0.136. The van der Waals surface area contributed by atoms with Gasteiger partial charge in [0, 0.05) is 12.3 Å². The molecule has 0 fully saturated rings. The second-order valence-electron chi connectivity index (χ2n) is 6.57. The predicted octanol–water partition coefficient (Wildman–Crippen LogP) is 3.69. The second-order valence-corrected chi connectivity index (χ2v) is 6.57. The minimum absolute atomic E-state index is 0.0487. The zero-order valence-electron chi connectivity index (χ0n) is 15.3. The molecule has 1 aromatic carbocycles. The van der Waals surface area contributed by atoms with Crippen LogP contribution in [0.4, 0.5) is 0 Å². The van der Waals surface area contributed by atoms with Gasteiger partial charge in [0.15, 0.2) is 0 Å². The zero-order valence-corrected chi connectivity index (χ0v) is 15.3. The number of carboxylic acids is 1. The molecular weight excluding hydrogens is 344 g/mol. The van der Waals surface area contributed by atoms with Crippen molar-refractivity contribution >= 4 is 11.8 Å². The van der Waals surface area contributed by atoms with Crippen LogP contribution in [0, 0.1) is 5.92 Å². The molecule has 1 aliphatic carbocycles. The highest BCUT2D eigenvalue weighted by molar-refractivity contribution is 5.88. The molecule has 0 saturated heterocycles. The number of ketones is 1. The first-order chi connectivity index (χ1) is 13.1. The minimum Gasteiger partial charge on any atom is -0.491 e. The number of carbonyl (C=O) groups excluding carboxylic acids is 1. The molecule has 2 rings (SSSR count). The van der Waals surface area contributed by atoms with Crippen molar-refractivity contribution < 1.29 is 24.5 Å². The van der Waals surface area contributed by atoms with Crippen molar-refractivity contribution in [1.29, 1.82) is 0 Å². The van der Waals surface area contributed by atoms with Crippen molar-refractivity contribution in [2.45, 2.75) is 44.6 Å². The number of carboxylic acid groups (broad SMARTS) is 1. The maximum Gasteiger partial charge on any atom is 0.307 e. The number of para-hydroxylation sites is 1. The van der Waals surface area contributed by atoms with Crippen molar-refractivity contribution in [1.82, 2.24) is 0 Å². The van der Waals surface area contributed by atoms with Crippen LogP contribution in [0.3, 0.4) is 0 Å². The van der Waals surface area contributed by atoms with Crippen LogP contribution in [0.2, 0.25) is 0 Å². The van der Waals surface area contributed by atoms with Gasteiger partial charge in [0.25, 0.3) is 0 Å². The third-order valence-corrected chi connectivity index (χ3v) is 4.47. The lowest BCUT2D eigenvalue weighted by Crippen LogP contribution is -2.18. The van der Waals surface area contributed by atoms with Crippen LogP contribution < -0.4 is 4.74 Å². The molecule has 144 valence electrons. The molecule has 5 nitrogen and oxygen atoms in total. The highest BCUT2D eigenvalue weighted by Gasteiger charge is 2.26. The summed E-state index contributed by atoms with van der Waals surface area (Å²) in [6, 6.07) is 9.36. The number of allylic oxidation sites excluding steroid dienone is 2. The van der Waals surface area contributed by atoms with Crippen molar-refractivity contribution in [2.75, 3.05) is 6.61 Å². The van der Waals surface area contributed by atoms with Gasteiger partial charge in [-0.25, -0.2) is 0 Å². The molecule has 0 aromatic heterocycles. The molecule has 2 N–H and O–H groups in total. The number of aliphatic carboxylic acids is 1. The molecule has 5 heteroatoms. The van der Waals surface area contributed by atoms with E-state index in [0.717, 1.165) is 11.3 Å². The molecule has 0 saturated carbocycles. The first-order valence-corrected chi connectivity index (χ1v) is 9.25. The van der Waals surface area contributed by atoms with E-state index in [0.29, 0.717) is 32.1 Å². The SMILES string of the molecule is O=C(O)CC=C=CCC[C@H]1C(=O)CC=C1CCC(O)COc1ccccc1. The lowest BCUT2D eigenvalue weighted by atomic mass is 9.91. The molecule has 0 bridgehead atoms. The van der Waals surface area contributed by atoms with E-state index < -0.39 is 12.1 Å². The minimum atomic E-state index is -0.887. The first-order valence-electron chi connectivity index (χ1n) is 9.25. The van der Waals surface area contributed by atoms with Gasteiger partial charge in [-0.1, -0.05) is 29.8 Å². The summed E-state index contributed by atoms with van der Waals surface area (Å²) in [6.07, 6.45) is 7.63. The Morgan fingerprint density at radius 1 is 1.30 bits per heavy atom. The molecule has 0 spiro atoms. The van der Waals surface area contributed by atoms with Gasteiger partial charge >= 0.3 is 5.97 Å². The van der Waals surface area contributed by atoms with Crippen molar-refractivity contribution in [3.05, 3.63) is 59.9 Å². The molecule has 1 unspecified atom stereocenters. The van der Waals surface area contributed by atoms with Gasteiger partial charge in [-0.15, -0.1) is 5.73 Å². The van der Waals surface area contributed by atoms with Crippen LogP contribution in [0.25, 0.3) is 0 Å². The summed E-state index contributed by atoms with van der Waals surface area (Å²) in [7, 11) is 0. The van der Waals surface area contributed by atoms with Crippen LogP contribution in [0.1, 0.15) is 38.5 Å². The summed E-state index contributed by atoms with van der Waals surface area (Å²) < 4.78 is 5.56. The second kappa shape index (κ2) is 11.2. The average molecular weight is 370 g/mol. The summed E-state index contributed by atoms with van der Waals surface area (Å²) in [6.45, 7) is 0.229. The number of hydrogen-bond donors (Lipinski definition) is 2. The third-order valence-electron chi connectivity index (χ3n) is 4.47. The fraction of sp³-hybridized carbons (Fsp3) is 0.409. The summed E-state index contributed by atoms with van der Waals surface area (Å²) in [4.78, 5) is 22.5. The number of aliphatic hydroxyl groups is 1. The van der Waals surface area contributed by atoms with E-state index in [2.05, 4.69) is 5.73 Å². The summed E-state index contributed by atoms with van der Waals surface area (Å²) >= 11 is 0. The Morgan fingerprint density at radius 2 is 2.07 bits per heavy atom. The smallest absolute Gasteiger partial charge is 0.307 e. The van der Waals surface area contributed by atoms with E-state index in [1.54, 1.807) is 6.08 Å². The Labute approximate surface area is 159 Å². The summed E-state index contributed by atoms with van der Waals surface area (Å²) in [5.41, 5.74) is 3.92. The van der Waals surface area contributed by atoms with Crippen molar-refractivity contribution in [2.24, 2.45) is 5.92 Å². The fourth-order valence-corrected chi connectivity index (χ4v) is 3.03. The topological polar surface area (TPSA) is 83.8 Å². The van der Waals surface area contributed by atoms with Crippen LogP contribution in [-0.2, 0) is 9.59 Å². The van der Waals surface area contributed by atoms with E-state index in [-0.39, 0.29) is 24.7 Å². The van der Waals surface area contributed by atoms with Crippen LogP contribution in [-0.4, -0.2) is 34.7 Å². The Balaban J connectivity index is 1.73. The molecule has 0 heterocycles. The van der Waals surface area contributed by atoms with Crippen molar-refractivity contribution in [3.63, 3.8) is 0 Å². The zero-order chi connectivity index (χ0) is 19.5. The van der Waals surface area contributed by atoms with Gasteiger partial charge in [0.1, 0.15) is 18.1 Å². The van der Waals surface area contributed by atoms with Crippen LogP contribution in [0.5, 0.6) is 5.75 Å².